The van der Waals surface area contributed by atoms with E-state index in [-0.39, 0.29) is 30.3 Å². The molecule has 8 heteroatoms. The average molecular weight is 543 g/mol. The van der Waals surface area contributed by atoms with E-state index in [1.54, 1.807) is 43.6 Å². The van der Waals surface area contributed by atoms with Crippen LogP contribution in [0.15, 0.2) is 85.8 Å². The number of rotatable bonds is 11. The van der Waals surface area contributed by atoms with Crippen molar-refractivity contribution in [2.45, 2.75) is 46.1 Å². The van der Waals surface area contributed by atoms with Gasteiger partial charge in [-0.3, -0.25) is 14.6 Å². The molecule has 1 aliphatic heterocycles. The van der Waals surface area contributed by atoms with Gasteiger partial charge in [-0.2, -0.15) is 0 Å². The Balaban J connectivity index is 1.38. The van der Waals surface area contributed by atoms with Crippen LogP contribution < -0.4 is 0 Å². The molecule has 7 nitrogen and oxygen atoms in total. The number of fused-ring (bicyclic) bond motifs is 1. The summed E-state index contributed by atoms with van der Waals surface area (Å²) in [6.07, 6.45) is 10.6. The summed E-state index contributed by atoms with van der Waals surface area (Å²) >= 11 is 0. The highest BCUT2D eigenvalue weighted by Crippen LogP contribution is 2.27. The van der Waals surface area contributed by atoms with Gasteiger partial charge in [-0.1, -0.05) is 17.9 Å². The van der Waals surface area contributed by atoms with Crippen molar-refractivity contribution < 1.29 is 27.9 Å². The molecule has 0 unspecified atom stereocenters. The van der Waals surface area contributed by atoms with Crippen LogP contribution in [0.1, 0.15) is 70.8 Å². The normalized spacial score (nSPS) is 13.8. The van der Waals surface area contributed by atoms with Crippen molar-refractivity contribution in [3.05, 3.63) is 106 Å². The van der Waals surface area contributed by atoms with Crippen molar-refractivity contribution in [1.29, 1.82) is 0 Å². The summed E-state index contributed by atoms with van der Waals surface area (Å²) in [6, 6.07) is 5.85. The Kier molecular flexibility index (Phi) is 9.31. The largest absolute Gasteiger partial charge is 0.464 e. The van der Waals surface area contributed by atoms with Crippen molar-refractivity contribution in [2.24, 2.45) is 4.99 Å². The van der Waals surface area contributed by atoms with Crippen LogP contribution in [-0.4, -0.2) is 40.9 Å². The Morgan fingerprint density at radius 3 is 2.83 bits per heavy atom. The van der Waals surface area contributed by atoms with Gasteiger partial charge in [-0.25, -0.2) is 4.39 Å². The van der Waals surface area contributed by atoms with Gasteiger partial charge in [0.1, 0.15) is 34.8 Å². The average Bonchev–Trinajstić information content (AvgIpc) is 3.41. The van der Waals surface area contributed by atoms with E-state index in [2.05, 4.69) is 16.5 Å². The van der Waals surface area contributed by atoms with Crippen LogP contribution in [-0.2, 0) is 6.42 Å². The number of aliphatic hydroxyl groups excluding tert-OH is 1. The number of carbonyl (C=O) groups excluding carboxylic acids is 2. The first-order chi connectivity index (χ1) is 19.3. The summed E-state index contributed by atoms with van der Waals surface area (Å²) in [5, 5.41) is 11.2. The molecule has 1 atom stereocenters. The van der Waals surface area contributed by atoms with Crippen LogP contribution in [0.5, 0.6) is 0 Å². The van der Waals surface area contributed by atoms with Gasteiger partial charge in [-0.15, -0.1) is 5.73 Å². The number of hydrogen-bond donors (Lipinski definition) is 1. The van der Waals surface area contributed by atoms with E-state index in [0.717, 1.165) is 0 Å². The van der Waals surface area contributed by atoms with E-state index in [0.29, 0.717) is 64.5 Å². The van der Waals surface area contributed by atoms with Gasteiger partial charge in [0.15, 0.2) is 11.6 Å². The van der Waals surface area contributed by atoms with Crippen LogP contribution in [0, 0.1) is 12.7 Å². The van der Waals surface area contributed by atoms with Crippen LogP contribution in [0.25, 0.3) is 11.0 Å². The van der Waals surface area contributed by atoms with Crippen molar-refractivity contribution in [3.63, 3.8) is 0 Å². The zero-order chi connectivity index (χ0) is 28.6. The lowest BCUT2D eigenvalue weighted by atomic mass is 9.98. The van der Waals surface area contributed by atoms with Crippen LogP contribution in [0.3, 0.4) is 0 Å². The topological polar surface area (TPSA) is 96.2 Å². The Hall–Kier alpha value is -4.48. The molecule has 0 saturated heterocycles. The number of aliphatic hydroxyl groups is 1. The fourth-order valence-electron chi connectivity index (χ4n) is 4.48. The number of Topliss-reactive ketones (excluding diaryl/α,β-unsaturated/α-hetero) is 2. The van der Waals surface area contributed by atoms with Gasteiger partial charge < -0.3 is 18.8 Å². The number of furan rings is 2. The summed E-state index contributed by atoms with van der Waals surface area (Å²) < 4.78 is 24.9. The van der Waals surface area contributed by atoms with Gasteiger partial charge in [0.25, 0.3) is 0 Å². The van der Waals surface area contributed by atoms with Gasteiger partial charge >= 0.3 is 0 Å². The molecule has 3 aromatic rings. The molecule has 0 fully saturated rings. The summed E-state index contributed by atoms with van der Waals surface area (Å²) in [7, 11) is 0. The van der Waals surface area contributed by atoms with E-state index < -0.39 is 6.10 Å². The molecule has 4 rings (SSSR count). The number of benzene rings is 1. The van der Waals surface area contributed by atoms with E-state index >= 15 is 0 Å². The Labute approximate surface area is 232 Å². The quantitative estimate of drug-likeness (QED) is 0.167. The third-order valence-electron chi connectivity index (χ3n) is 6.35. The van der Waals surface area contributed by atoms with Gasteiger partial charge in [0.2, 0.25) is 0 Å². The second-order valence-electron chi connectivity index (χ2n) is 9.39. The number of nitrogens with zero attached hydrogens (tertiary/aromatic N) is 2. The summed E-state index contributed by atoms with van der Waals surface area (Å²) in [5.41, 5.74) is 7.93. The fourth-order valence-corrected chi connectivity index (χ4v) is 4.48. The predicted octanol–water partition coefficient (Wildman–Crippen LogP) is 6.59. The van der Waals surface area contributed by atoms with Crippen LogP contribution in [0.2, 0.25) is 0 Å². The summed E-state index contributed by atoms with van der Waals surface area (Å²) in [4.78, 5) is 31.5. The number of halogens is 1. The third-order valence-corrected chi connectivity index (χ3v) is 6.35. The lowest BCUT2D eigenvalue weighted by Crippen LogP contribution is -2.24. The monoisotopic (exact) mass is 542 g/mol. The first-order valence-corrected chi connectivity index (χ1v) is 13.0. The molecule has 0 aliphatic carbocycles. The highest BCUT2D eigenvalue weighted by molar-refractivity contribution is 6.09. The standard InChI is InChI=1S/C32H31FN2O5/c1-4-5-6-11-29-32(31(21(2)36)22(3)39-29)26(37)10-8-7-9-25-14-16-35(17-15-34-25)20-27(38)30-19-23-18-24(33)12-13-28(23)40-30/h4,6-8,12-13,15-16,18-19,27,38H,9-11,17,20H2,1-3H3/b8-7+/t5?,27-/m0/s1. The molecule has 0 bridgehead atoms. The molecular weight excluding hydrogens is 511 g/mol. The number of aryl methyl sites for hydroxylation is 1. The minimum absolute atomic E-state index is 0.111. The number of aliphatic imine (C=N–C) groups is 1. The second-order valence-corrected chi connectivity index (χ2v) is 9.39. The Bertz CT molecular complexity index is 1610. The summed E-state index contributed by atoms with van der Waals surface area (Å²) in [6.45, 7) is 5.67. The smallest absolute Gasteiger partial charge is 0.170 e. The number of ketones is 2. The maximum absolute atomic E-state index is 13.5. The number of carbonyl (C=O) groups is 2. The minimum atomic E-state index is -0.917. The van der Waals surface area contributed by atoms with Gasteiger partial charge in [-0.05, 0) is 57.2 Å². The summed E-state index contributed by atoms with van der Waals surface area (Å²) in [5.74, 6) is 0.499. The highest BCUT2D eigenvalue weighted by Gasteiger charge is 2.25. The lowest BCUT2D eigenvalue weighted by Gasteiger charge is -2.19. The van der Waals surface area contributed by atoms with E-state index in [4.69, 9.17) is 8.83 Å². The van der Waals surface area contributed by atoms with Crippen molar-refractivity contribution >= 4 is 28.8 Å². The molecule has 1 aromatic carbocycles. The molecular formula is C32H31FN2O5. The zero-order valence-electron chi connectivity index (χ0n) is 22.7. The highest BCUT2D eigenvalue weighted by atomic mass is 19.1. The molecule has 40 heavy (non-hydrogen) atoms. The molecule has 0 amide bonds. The minimum Gasteiger partial charge on any atom is -0.464 e. The maximum Gasteiger partial charge on any atom is 0.170 e. The zero-order valence-corrected chi connectivity index (χ0v) is 22.7. The van der Waals surface area contributed by atoms with Gasteiger partial charge in [0.05, 0.1) is 29.9 Å². The molecule has 0 saturated carbocycles. The van der Waals surface area contributed by atoms with E-state index in [1.807, 2.05) is 17.9 Å². The molecule has 206 valence electrons. The molecule has 3 heterocycles. The first-order valence-electron chi connectivity index (χ1n) is 13.0. The second kappa shape index (κ2) is 13.0. The molecule has 0 spiro atoms. The molecule has 1 N–H and O–H groups in total. The van der Waals surface area contributed by atoms with E-state index in [1.165, 1.54) is 25.1 Å². The molecule has 2 aromatic heterocycles. The predicted molar refractivity (Wildman–Crippen MR) is 151 cm³/mol. The molecule has 0 radical (unpaired) electrons. The van der Waals surface area contributed by atoms with Crippen molar-refractivity contribution in [3.8, 4) is 0 Å². The first kappa shape index (κ1) is 28.5. The number of hydrogen-bond acceptors (Lipinski definition) is 7. The lowest BCUT2D eigenvalue weighted by molar-refractivity contribution is 0.0970. The number of allylic oxidation sites excluding steroid dienone is 3. The molecule has 1 aliphatic rings. The van der Waals surface area contributed by atoms with Crippen molar-refractivity contribution in [1.82, 2.24) is 4.90 Å². The fraction of sp³-hybridized carbons (Fsp3) is 0.281. The Morgan fingerprint density at radius 2 is 2.05 bits per heavy atom. The van der Waals surface area contributed by atoms with Crippen molar-refractivity contribution in [2.75, 3.05) is 13.1 Å². The van der Waals surface area contributed by atoms with Crippen LogP contribution in [0.4, 0.5) is 4.39 Å². The van der Waals surface area contributed by atoms with Crippen LogP contribution >= 0.6 is 0 Å². The Morgan fingerprint density at radius 1 is 1.23 bits per heavy atom. The van der Waals surface area contributed by atoms with E-state index in [9.17, 15) is 19.1 Å². The van der Waals surface area contributed by atoms with Gasteiger partial charge in [0, 0.05) is 37.1 Å². The maximum atomic E-state index is 13.5. The SMILES string of the molecule is CC=C=CCc1oc(C)c(C(C)=O)c1C(=O)C/C=C/CC1=C=CN(C[C@H](O)c2cc3cc(F)ccc3o2)CC=N1. The number of β-amino-alcohol motifs (C(OH)–C–C–N with tert-alkyl or cyclic N) is 1. The third kappa shape index (κ3) is 6.93.